The molecule has 0 aromatic rings. The molecule has 1 N–H and O–H groups in total. The van der Waals surface area contributed by atoms with E-state index in [4.69, 9.17) is 0 Å². The number of aliphatic hydroxyl groups is 1. The molecule has 0 spiro atoms. The van der Waals surface area contributed by atoms with Crippen LogP contribution in [-0.4, -0.2) is 18.8 Å². The van der Waals surface area contributed by atoms with Crippen LogP contribution < -0.4 is 0 Å². The second-order valence-corrected chi connectivity index (χ2v) is 11.2. The zero-order valence-corrected chi connectivity index (χ0v) is 10.6. The van der Waals surface area contributed by atoms with Crippen LogP contribution in [0.15, 0.2) is 24.3 Å². The molecule has 1 nitrogen and oxygen atoms in total. The van der Waals surface area contributed by atoms with Crippen molar-refractivity contribution in [3.63, 3.8) is 0 Å². The molecule has 0 heterocycles. The lowest BCUT2D eigenvalue weighted by molar-refractivity contribution is 0.0914. The van der Waals surface area contributed by atoms with E-state index in [1.54, 1.807) is 0 Å². The molecule has 80 valence electrons. The molecule has 0 aromatic heterocycles. The highest BCUT2D eigenvalue weighted by atomic mass is 28.3. The van der Waals surface area contributed by atoms with Crippen LogP contribution >= 0.6 is 0 Å². The van der Waals surface area contributed by atoms with Crippen molar-refractivity contribution in [3.05, 3.63) is 24.3 Å². The first-order valence-corrected chi connectivity index (χ1v) is 9.08. The van der Waals surface area contributed by atoms with Gasteiger partial charge in [-0.2, -0.15) is 0 Å². The van der Waals surface area contributed by atoms with Gasteiger partial charge in [-0.3, -0.25) is 0 Å². The van der Waals surface area contributed by atoms with E-state index in [0.717, 1.165) is 25.3 Å². The van der Waals surface area contributed by atoms with Crippen LogP contribution in [0.4, 0.5) is 0 Å². The Bertz CT molecular complexity index is 250. The van der Waals surface area contributed by atoms with Gasteiger partial charge in [0.25, 0.3) is 0 Å². The van der Waals surface area contributed by atoms with Gasteiger partial charge >= 0.3 is 0 Å². The van der Waals surface area contributed by atoms with Crippen LogP contribution in [0, 0.1) is 0 Å². The fourth-order valence-corrected chi connectivity index (χ4v) is 3.74. The molecule has 0 saturated carbocycles. The highest BCUT2D eigenvalue weighted by Crippen LogP contribution is 2.31. The Balaban J connectivity index is 2.45. The van der Waals surface area contributed by atoms with Gasteiger partial charge in [0.1, 0.15) is 0 Å². The standard InChI is InChI=1S/C12H22OSi/c1-11(10-14(2,3)4)9-12(13)7-5-6-8-12/h5,7,13H,1,6,8-10H2,2-4H3. The lowest BCUT2D eigenvalue weighted by Gasteiger charge is -2.25. The third kappa shape index (κ3) is 3.80. The molecule has 0 amide bonds. The number of hydrogen-bond donors (Lipinski definition) is 1. The Morgan fingerprint density at radius 2 is 2.14 bits per heavy atom. The second kappa shape index (κ2) is 4.03. The van der Waals surface area contributed by atoms with E-state index in [2.05, 4.69) is 32.3 Å². The van der Waals surface area contributed by atoms with Crippen molar-refractivity contribution in [1.29, 1.82) is 0 Å². The molecule has 1 unspecified atom stereocenters. The lowest BCUT2D eigenvalue weighted by atomic mass is 9.95. The van der Waals surface area contributed by atoms with Gasteiger partial charge in [-0.05, 0) is 18.9 Å². The third-order valence-electron chi connectivity index (χ3n) is 2.51. The SMILES string of the molecule is C=C(CC1(O)C=CCC1)C[Si](C)(C)C. The summed E-state index contributed by atoms with van der Waals surface area (Å²) in [6, 6.07) is 1.13. The van der Waals surface area contributed by atoms with E-state index in [1.807, 2.05) is 6.08 Å². The summed E-state index contributed by atoms with van der Waals surface area (Å²) in [4.78, 5) is 0. The maximum Gasteiger partial charge on any atom is 0.0867 e. The monoisotopic (exact) mass is 210 g/mol. The minimum Gasteiger partial charge on any atom is -0.385 e. The summed E-state index contributed by atoms with van der Waals surface area (Å²) in [5, 5.41) is 10.1. The Morgan fingerprint density at radius 3 is 2.57 bits per heavy atom. The molecule has 0 aliphatic heterocycles. The first-order chi connectivity index (χ1) is 6.31. The highest BCUT2D eigenvalue weighted by molar-refractivity contribution is 6.76. The van der Waals surface area contributed by atoms with E-state index >= 15 is 0 Å². The first-order valence-electron chi connectivity index (χ1n) is 5.38. The smallest absolute Gasteiger partial charge is 0.0867 e. The van der Waals surface area contributed by atoms with Crippen LogP contribution in [0.25, 0.3) is 0 Å². The number of hydrogen-bond acceptors (Lipinski definition) is 1. The van der Waals surface area contributed by atoms with Crippen molar-refractivity contribution in [2.24, 2.45) is 0 Å². The summed E-state index contributed by atoms with van der Waals surface area (Å²) in [7, 11) is -1.06. The number of rotatable bonds is 4. The van der Waals surface area contributed by atoms with Crippen molar-refractivity contribution in [2.45, 2.75) is 50.5 Å². The minimum atomic E-state index is -1.06. The van der Waals surface area contributed by atoms with Crippen LogP contribution in [0.3, 0.4) is 0 Å². The summed E-state index contributed by atoms with van der Waals surface area (Å²) in [6.07, 6.45) is 6.66. The van der Waals surface area contributed by atoms with Gasteiger partial charge in [-0.15, -0.1) is 6.58 Å². The lowest BCUT2D eigenvalue weighted by Crippen LogP contribution is -2.26. The summed E-state index contributed by atoms with van der Waals surface area (Å²) in [5.74, 6) is 0. The van der Waals surface area contributed by atoms with Crippen molar-refractivity contribution in [2.75, 3.05) is 0 Å². The van der Waals surface area contributed by atoms with Crippen molar-refractivity contribution >= 4 is 8.07 Å². The molecule has 1 aliphatic carbocycles. The summed E-state index contributed by atoms with van der Waals surface area (Å²) >= 11 is 0. The van der Waals surface area contributed by atoms with Crippen LogP contribution in [0.1, 0.15) is 19.3 Å². The molecule has 1 aliphatic rings. The Labute approximate surface area is 88.5 Å². The summed E-state index contributed by atoms with van der Waals surface area (Å²) in [5.41, 5.74) is 0.648. The Kier molecular flexibility index (Phi) is 3.38. The predicted molar refractivity (Wildman–Crippen MR) is 65.2 cm³/mol. The first kappa shape index (κ1) is 11.7. The zero-order valence-electron chi connectivity index (χ0n) is 9.64. The zero-order chi connectivity index (χ0) is 10.8. The van der Waals surface area contributed by atoms with Crippen LogP contribution in [0.5, 0.6) is 0 Å². The van der Waals surface area contributed by atoms with Gasteiger partial charge < -0.3 is 5.11 Å². The average Bonchev–Trinajstić information content (AvgIpc) is 2.30. The van der Waals surface area contributed by atoms with Crippen molar-refractivity contribution < 1.29 is 5.11 Å². The molecule has 0 fully saturated rings. The van der Waals surface area contributed by atoms with E-state index in [-0.39, 0.29) is 0 Å². The molecule has 2 heteroatoms. The molecule has 0 radical (unpaired) electrons. The Hall–Kier alpha value is -0.343. The predicted octanol–water partition coefficient (Wildman–Crippen LogP) is 3.35. The maximum absolute atomic E-state index is 10.1. The van der Waals surface area contributed by atoms with Crippen LogP contribution in [-0.2, 0) is 0 Å². The van der Waals surface area contributed by atoms with Gasteiger partial charge in [-0.1, -0.05) is 37.4 Å². The quantitative estimate of drug-likeness (QED) is 0.557. The fourth-order valence-electron chi connectivity index (χ4n) is 2.11. The molecule has 0 aromatic carbocycles. The molecule has 0 bridgehead atoms. The van der Waals surface area contributed by atoms with Gasteiger partial charge in [-0.25, -0.2) is 0 Å². The van der Waals surface area contributed by atoms with Crippen molar-refractivity contribution in [3.8, 4) is 0 Å². The molecule has 1 rings (SSSR count). The van der Waals surface area contributed by atoms with Gasteiger partial charge in [0.2, 0.25) is 0 Å². The van der Waals surface area contributed by atoms with Gasteiger partial charge in [0.05, 0.1) is 5.60 Å². The summed E-state index contributed by atoms with van der Waals surface area (Å²) in [6.45, 7) is 11.1. The molecular weight excluding hydrogens is 188 g/mol. The van der Waals surface area contributed by atoms with Gasteiger partial charge in [0, 0.05) is 14.5 Å². The third-order valence-corrected chi connectivity index (χ3v) is 4.07. The molecule has 1 atom stereocenters. The van der Waals surface area contributed by atoms with E-state index in [0.29, 0.717) is 0 Å². The van der Waals surface area contributed by atoms with Crippen LogP contribution in [0.2, 0.25) is 25.7 Å². The van der Waals surface area contributed by atoms with E-state index < -0.39 is 13.7 Å². The normalized spacial score (nSPS) is 26.9. The van der Waals surface area contributed by atoms with Crippen molar-refractivity contribution in [1.82, 2.24) is 0 Å². The van der Waals surface area contributed by atoms with E-state index in [1.165, 1.54) is 5.57 Å². The summed E-state index contributed by atoms with van der Waals surface area (Å²) < 4.78 is 0. The molecular formula is C12H22OSi. The largest absolute Gasteiger partial charge is 0.385 e. The Morgan fingerprint density at radius 1 is 1.50 bits per heavy atom. The molecule has 14 heavy (non-hydrogen) atoms. The second-order valence-electron chi connectivity index (χ2n) is 5.71. The minimum absolute atomic E-state index is 0.573. The average molecular weight is 210 g/mol. The van der Waals surface area contributed by atoms with Gasteiger partial charge in [0.15, 0.2) is 0 Å². The highest BCUT2D eigenvalue weighted by Gasteiger charge is 2.28. The topological polar surface area (TPSA) is 20.2 Å². The molecule has 0 saturated heterocycles. The maximum atomic E-state index is 10.1. The van der Waals surface area contributed by atoms with E-state index in [9.17, 15) is 5.11 Å². The fraction of sp³-hybridized carbons (Fsp3) is 0.667. The number of allylic oxidation sites excluding steroid dienone is 1.